The van der Waals surface area contributed by atoms with Crippen molar-refractivity contribution in [3.05, 3.63) is 78.4 Å². The Morgan fingerprint density at radius 3 is 2.72 bits per heavy atom. The van der Waals surface area contributed by atoms with Crippen LogP contribution in [0.1, 0.15) is 22.8 Å². The SMILES string of the molecule is COCC(C)NC(=O)Cc1cccc(-c2cc(Nc3ccc(C(=O)N4CCOCC4)cn3)c3nccn3c2)c1. The van der Waals surface area contributed by atoms with Crippen LogP contribution in [0.2, 0.25) is 0 Å². The lowest BCUT2D eigenvalue weighted by atomic mass is 10.0. The number of fused-ring (bicyclic) bond motifs is 1. The fourth-order valence-corrected chi connectivity index (χ4v) is 4.63. The molecule has 5 rings (SSSR count). The lowest BCUT2D eigenvalue weighted by Crippen LogP contribution is -2.40. The summed E-state index contributed by atoms with van der Waals surface area (Å²) in [5, 5.41) is 6.31. The molecule has 1 atom stereocenters. The number of hydrogen-bond acceptors (Lipinski definition) is 7. The largest absolute Gasteiger partial charge is 0.383 e. The minimum Gasteiger partial charge on any atom is -0.383 e. The van der Waals surface area contributed by atoms with Crippen LogP contribution in [-0.2, 0) is 20.7 Å². The molecule has 1 aliphatic rings. The number of ether oxygens (including phenoxy) is 2. The summed E-state index contributed by atoms with van der Waals surface area (Å²) in [7, 11) is 1.62. The molecule has 1 unspecified atom stereocenters. The average Bonchev–Trinajstić information content (AvgIpc) is 3.43. The van der Waals surface area contributed by atoms with Crippen molar-refractivity contribution in [1.82, 2.24) is 24.6 Å². The predicted molar refractivity (Wildman–Crippen MR) is 148 cm³/mol. The molecule has 1 aromatic carbocycles. The number of carbonyl (C=O) groups excluding carboxylic acids is 2. The number of hydrogen-bond donors (Lipinski definition) is 2. The van der Waals surface area contributed by atoms with Crippen LogP contribution < -0.4 is 10.6 Å². The Morgan fingerprint density at radius 2 is 1.95 bits per heavy atom. The molecule has 2 N–H and O–H groups in total. The van der Waals surface area contributed by atoms with Gasteiger partial charge in [0.1, 0.15) is 5.82 Å². The van der Waals surface area contributed by atoms with Gasteiger partial charge in [-0.3, -0.25) is 9.59 Å². The molecule has 0 radical (unpaired) electrons. The highest BCUT2D eigenvalue weighted by molar-refractivity contribution is 5.94. The van der Waals surface area contributed by atoms with E-state index in [1.54, 1.807) is 36.5 Å². The summed E-state index contributed by atoms with van der Waals surface area (Å²) in [5.41, 5.74) is 4.91. The van der Waals surface area contributed by atoms with E-state index in [1.165, 1.54) is 0 Å². The minimum absolute atomic E-state index is 0.0447. The first-order valence-electron chi connectivity index (χ1n) is 12.9. The Bertz CT molecular complexity index is 1450. The van der Waals surface area contributed by atoms with Gasteiger partial charge in [-0.2, -0.15) is 0 Å². The van der Waals surface area contributed by atoms with Gasteiger partial charge in [0.25, 0.3) is 5.91 Å². The summed E-state index contributed by atoms with van der Waals surface area (Å²) in [6, 6.07) is 13.5. The summed E-state index contributed by atoms with van der Waals surface area (Å²) >= 11 is 0. The number of aromatic nitrogens is 3. The number of benzene rings is 1. The van der Waals surface area contributed by atoms with Crippen molar-refractivity contribution in [2.45, 2.75) is 19.4 Å². The van der Waals surface area contributed by atoms with E-state index in [4.69, 9.17) is 9.47 Å². The van der Waals surface area contributed by atoms with Crippen molar-refractivity contribution in [2.75, 3.05) is 45.3 Å². The maximum Gasteiger partial charge on any atom is 0.255 e. The zero-order valence-electron chi connectivity index (χ0n) is 22.1. The van der Waals surface area contributed by atoms with Crippen molar-refractivity contribution in [3.8, 4) is 11.1 Å². The standard InChI is InChI=1S/C29H32N6O4/c1-20(19-38-2)32-27(36)15-21-4-3-5-22(14-21)24-16-25(28-30-8-9-35(28)18-24)33-26-7-6-23(17-31-26)29(37)34-10-12-39-13-11-34/h3-9,14,16-18,20H,10-13,15,19H2,1-2H3,(H,31,33)(H,32,36). The van der Waals surface area contributed by atoms with E-state index in [1.807, 2.05) is 54.0 Å². The van der Waals surface area contributed by atoms with E-state index in [9.17, 15) is 9.59 Å². The van der Waals surface area contributed by atoms with Crippen molar-refractivity contribution in [3.63, 3.8) is 0 Å². The Morgan fingerprint density at radius 1 is 1.10 bits per heavy atom. The molecule has 202 valence electrons. The molecule has 1 saturated heterocycles. The van der Waals surface area contributed by atoms with Crippen LogP contribution in [0.4, 0.5) is 11.5 Å². The fraction of sp³-hybridized carbons (Fsp3) is 0.310. The van der Waals surface area contributed by atoms with Gasteiger partial charge in [-0.05, 0) is 36.2 Å². The van der Waals surface area contributed by atoms with Crippen molar-refractivity contribution in [2.24, 2.45) is 0 Å². The molecule has 0 spiro atoms. The molecule has 10 nitrogen and oxygen atoms in total. The van der Waals surface area contributed by atoms with E-state index >= 15 is 0 Å². The van der Waals surface area contributed by atoms with Gasteiger partial charge in [-0.1, -0.05) is 24.3 Å². The molecule has 0 saturated carbocycles. The Labute approximate surface area is 227 Å². The number of pyridine rings is 2. The lowest BCUT2D eigenvalue weighted by molar-refractivity contribution is -0.121. The molecule has 1 aliphatic heterocycles. The highest BCUT2D eigenvalue weighted by atomic mass is 16.5. The molecule has 0 aliphatic carbocycles. The van der Waals surface area contributed by atoms with Gasteiger partial charge < -0.3 is 29.4 Å². The number of methoxy groups -OCH3 is 1. The van der Waals surface area contributed by atoms with Crippen LogP contribution in [0.5, 0.6) is 0 Å². The maximum atomic E-state index is 12.8. The van der Waals surface area contributed by atoms with Crippen molar-refractivity contribution >= 4 is 29.0 Å². The maximum absolute atomic E-state index is 12.8. The van der Waals surface area contributed by atoms with Crippen LogP contribution in [0.3, 0.4) is 0 Å². The van der Waals surface area contributed by atoms with Gasteiger partial charge >= 0.3 is 0 Å². The van der Waals surface area contributed by atoms with Gasteiger partial charge in [0.2, 0.25) is 5.91 Å². The summed E-state index contributed by atoms with van der Waals surface area (Å²) < 4.78 is 12.4. The smallest absolute Gasteiger partial charge is 0.255 e. The van der Waals surface area contributed by atoms with Crippen LogP contribution >= 0.6 is 0 Å². The van der Waals surface area contributed by atoms with Crippen LogP contribution in [0, 0.1) is 0 Å². The minimum atomic E-state index is -0.0527. The Hall–Kier alpha value is -4.28. The van der Waals surface area contributed by atoms with Gasteiger partial charge in [-0.15, -0.1) is 0 Å². The number of anilines is 2. The molecule has 3 aromatic heterocycles. The van der Waals surface area contributed by atoms with E-state index in [2.05, 4.69) is 20.6 Å². The molecule has 2 amide bonds. The number of morpholine rings is 1. The van der Waals surface area contributed by atoms with E-state index in [-0.39, 0.29) is 24.3 Å². The lowest BCUT2D eigenvalue weighted by Gasteiger charge is -2.26. The van der Waals surface area contributed by atoms with E-state index in [0.29, 0.717) is 44.3 Å². The summed E-state index contributed by atoms with van der Waals surface area (Å²) in [5.74, 6) is 0.508. The monoisotopic (exact) mass is 528 g/mol. The molecule has 0 bridgehead atoms. The van der Waals surface area contributed by atoms with Crippen LogP contribution in [0.25, 0.3) is 16.8 Å². The first-order chi connectivity index (χ1) is 19.0. The zero-order chi connectivity index (χ0) is 27.2. The molecule has 1 fully saturated rings. The van der Waals surface area contributed by atoms with Crippen LogP contribution in [-0.4, -0.2) is 77.1 Å². The fourth-order valence-electron chi connectivity index (χ4n) is 4.63. The zero-order valence-corrected chi connectivity index (χ0v) is 22.1. The van der Waals surface area contributed by atoms with Gasteiger partial charge in [-0.25, -0.2) is 9.97 Å². The molecular formula is C29H32N6O4. The molecule has 4 heterocycles. The van der Waals surface area contributed by atoms with Crippen molar-refractivity contribution < 1.29 is 19.1 Å². The molecule has 39 heavy (non-hydrogen) atoms. The summed E-state index contributed by atoms with van der Waals surface area (Å²) in [6.07, 6.45) is 7.50. The number of rotatable bonds is 9. The number of imidazole rings is 1. The Balaban J connectivity index is 1.34. The first-order valence-corrected chi connectivity index (χ1v) is 12.9. The highest BCUT2D eigenvalue weighted by Crippen LogP contribution is 2.28. The molecular weight excluding hydrogens is 496 g/mol. The van der Waals surface area contributed by atoms with Gasteiger partial charge in [0, 0.05) is 56.6 Å². The molecule has 4 aromatic rings. The van der Waals surface area contributed by atoms with Gasteiger partial charge in [0.05, 0.1) is 37.5 Å². The normalized spacial score (nSPS) is 14.3. The quantitative estimate of drug-likeness (QED) is 0.343. The predicted octanol–water partition coefficient (Wildman–Crippen LogP) is 3.31. The molecule has 10 heteroatoms. The summed E-state index contributed by atoms with van der Waals surface area (Å²) in [4.78, 5) is 36.0. The highest BCUT2D eigenvalue weighted by Gasteiger charge is 2.19. The number of amides is 2. The second-order valence-corrected chi connectivity index (χ2v) is 9.56. The third-order valence-corrected chi connectivity index (χ3v) is 6.51. The second kappa shape index (κ2) is 12.1. The number of nitrogens with zero attached hydrogens (tertiary/aromatic N) is 4. The topological polar surface area (TPSA) is 110 Å². The number of nitrogens with one attached hydrogen (secondary N) is 2. The second-order valence-electron chi connectivity index (χ2n) is 9.56. The van der Waals surface area contributed by atoms with Crippen LogP contribution in [0.15, 0.2) is 67.3 Å². The third-order valence-electron chi connectivity index (χ3n) is 6.51. The average molecular weight is 529 g/mol. The number of carbonyl (C=O) groups is 2. The van der Waals surface area contributed by atoms with E-state index in [0.717, 1.165) is 28.0 Å². The first kappa shape index (κ1) is 26.3. The summed E-state index contributed by atoms with van der Waals surface area (Å²) in [6.45, 7) is 4.66. The van der Waals surface area contributed by atoms with Crippen molar-refractivity contribution in [1.29, 1.82) is 0 Å². The van der Waals surface area contributed by atoms with Gasteiger partial charge in [0.15, 0.2) is 5.65 Å². The van der Waals surface area contributed by atoms with E-state index < -0.39 is 0 Å². The Kier molecular flexibility index (Phi) is 8.14. The third kappa shape index (κ3) is 6.42.